The topological polar surface area (TPSA) is 59.3 Å². The van der Waals surface area contributed by atoms with Gasteiger partial charge in [0, 0.05) is 18.3 Å². The number of aromatic nitrogens is 3. The number of amides is 1. The van der Waals surface area contributed by atoms with Gasteiger partial charge in [0.25, 0.3) is 5.91 Å². The van der Waals surface area contributed by atoms with Crippen molar-refractivity contribution in [1.82, 2.24) is 19.9 Å². The number of carbonyl (C=O) groups excluding carboxylic acids is 1. The molecule has 2 aromatic carbocycles. The summed E-state index contributed by atoms with van der Waals surface area (Å²) in [5, 5.41) is 7.14. The summed E-state index contributed by atoms with van der Waals surface area (Å²) in [6, 6.07) is 17.6. The second-order valence-electron chi connectivity index (χ2n) is 5.80. The van der Waals surface area contributed by atoms with Crippen molar-refractivity contribution in [3.63, 3.8) is 0 Å². The summed E-state index contributed by atoms with van der Waals surface area (Å²) in [7, 11) is 0. The number of halogens is 1. The van der Waals surface area contributed by atoms with Gasteiger partial charge in [-0.1, -0.05) is 42.5 Å². The smallest absolute Gasteiger partial charge is 0.257 e. The highest BCUT2D eigenvalue weighted by Gasteiger charge is 2.16. The molecule has 0 unspecified atom stereocenters. The minimum Gasteiger partial charge on any atom is -0.348 e. The van der Waals surface area contributed by atoms with Crippen molar-refractivity contribution in [1.29, 1.82) is 0 Å². The molecule has 0 radical (unpaired) electrons. The van der Waals surface area contributed by atoms with E-state index in [1.165, 1.54) is 18.3 Å². The Hall–Kier alpha value is -3.54. The van der Waals surface area contributed by atoms with Gasteiger partial charge >= 0.3 is 0 Å². The van der Waals surface area contributed by atoms with Crippen LogP contribution in [0, 0.1) is 5.82 Å². The normalized spacial score (nSPS) is 10.8. The van der Waals surface area contributed by atoms with E-state index in [-0.39, 0.29) is 11.7 Å². The molecule has 0 aliphatic heterocycles. The van der Waals surface area contributed by atoms with Gasteiger partial charge in [-0.2, -0.15) is 5.10 Å². The third-order valence-corrected chi connectivity index (χ3v) is 4.06. The minimum absolute atomic E-state index is 0.257. The molecular formula is C20H15FN4O. The van der Waals surface area contributed by atoms with Gasteiger partial charge in [0.05, 0.1) is 11.9 Å². The van der Waals surface area contributed by atoms with E-state index in [0.29, 0.717) is 29.0 Å². The maximum absolute atomic E-state index is 13.5. The van der Waals surface area contributed by atoms with Crippen LogP contribution in [-0.4, -0.2) is 20.5 Å². The molecule has 1 N–H and O–H groups in total. The summed E-state index contributed by atoms with van der Waals surface area (Å²) in [5.74, 6) is -0.590. The van der Waals surface area contributed by atoms with Gasteiger partial charge in [-0.15, -0.1) is 0 Å². The zero-order valence-corrected chi connectivity index (χ0v) is 13.8. The molecule has 1 amide bonds. The third-order valence-electron chi connectivity index (χ3n) is 4.06. The van der Waals surface area contributed by atoms with E-state index in [2.05, 4.69) is 15.4 Å². The molecule has 2 aromatic heterocycles. The first-order valence-corrected chi connectivity index (χ1v) is 8.13. The van der Waals surface area contributed by atoms with Crippen LogP contribution in [0.1, 0.15) is 15.9 Å². The maximum atomic E-state index is 13.5. The number of carbonyl (C=O) groups is 1. The van der Waals surface area contributed by atoms with Crippen LogP contribution in [0.15, 0.2) is 73.1 Å². The first kappa shape index (κ1) is 16.0. The molecule has 2 heterocycles. The summed E-state index contributed by atoms with van der Waals surface area (Å²) in [5.41, 5.74) is 3.13. The second-order valence-corrected chi connectivity index (χ2v) is 5.80. The second kappa shape index (κ2) is 6.76. The van der Waals surface area contributed by atoms with Crippen molar-refractivity contribution in [3.8, 4) is 11.3 Å². The van der Waals surface area contributed by atoms with Crippen LogP contribution in [-0.2, 0) is 6.54 Å². The monoisotopic (exact) mass is 346 g/mol. The number of fused-ring (bicyclic) bond motifs is 1. The molecule has 4 rings (SSSR count). The highest BCUT2D eigenvalue weighted by atomic mass is 19.1. The van der Waals surface area contributed by atoms with Crippen molar-refractivity contribution in [2.45, 2.75) is 6.54 Å². The Balaban J connectivity index is 1.65. The Bertz CT molecular complexity index is 1080. The molecule has 0 spiro atoms. The van der Waals surface area contributed by atoms with E-state index in [9.17, 15) is 9.18 Å². The lowest BCUT2D eigenvalue weighted by Crippen LogP contribution is -2.22. The Kier molecular flexibility index (Phi) is 4.15. The Labute approximate surface area is 149 Å². The molecule has 0 fully saturated rings. The van der Waals surface area contributed by atoms with Crippen LogP contribution in [0.2, 0.25) is 0 Å². The van der Waals surface area contributed by atoms with E-state index < -0.39 is 0 Å². The summed E-state index contributed by atoms with van der Waals surface area (Å²) in [6.07, 6.45) is 3.07. The van der Waals surface area contributed by atoms with Gasteiger partial charge in [0.2, 0.25) is 0 Å². The Morgan fingerprint density at radius 1 is 1.08 bits per heavy atom. The fourth-order valence-electron chi connectivity index (χ4n) is 2.79. The predicted octanol–water partition coefficient (Wildman–Crippen LogP) is 3.47. The first-order chi connectivity index (χ1) is 12.7. The van der Waals surface area contributed by atoms with Crippen molar-refractivity contribution in [3.05, 3.63) is 90.0 Å². The standard InChI is InChI=1S/C20H15FN4O/c21-16-8-4-7-15(11-16)18-9-10-22-19-17(13-24-25(18)19)20(26)23-12-14-5-2-1-3-6-14/h1-11,13H,12H2,(H,23,26). The molecule has 0 atom stereocenters. The largest absolute Gasteiger partial charge is 0.348 e. The highest BCUT2D eigenvalue weighted by molar-refractivity contribution is 5.99. The summed E-state index contributed by atoms with van der Waals surface area (Å²) in [6.45, 7) is 0.417. The molecule has 0 aliphatic rings. The molecule has 6 heteroatoms. The Morgan fingerprint density at radius 2 is 1.92 bits per heavy atom. The lowest BCUT2D eigenvalue weighted by Gasteiger charge is -2.06. The summed E-state index contributed by atoms with van der Waals surface area (Å²) in [4.78, 5) is 16.8. The van der Waals surface area contributed by atoms with Gasteiger partial charge in [-0.3, -0.25) is 4.79 Å². The van der Waals surface area contributed by atoms with Crippen LogP contribution in [0.4, 0.5) is 4.39 Å². The number of rotatable bonds is 4. The molecule has 0 saturated heterocycles. The zero-order valence-electron chi connectivity index (χ0n) is 13.8. The average molecular weight is 346 g/mol. The number of hydrogen-bond acceptors (Lipinski definition) is 3. The first-order valence-electron chi connectivity index (χ1n) is 8.13. The SMILES string of the molecule is O=C(NCc1ccccc1)c1cnn2c(-c3cccc(F)c3)ccnc12. The summed E-state index contributed by atoms with van der Waals surface area (Å²) < 4.78 is 15.1. The minimum atomic E-state index is -0.333. The van der Waals surface area contributed by atoms with Crippen LogP contribution >= 0.6 is 0 Å². The van der Waals surface area contributed by atoms with E-state index >= 15 is 0 Å². The number of nitrogens with zero attached hydrogens (tertiary/aromatic N) is 3. The fraction of sp³-hybridized carbons (Fsp3) is 0.0500. The number of nitrogens with one attached hydrogen (secondary N) is 1. The van der Waals surface area contributed by atoms with E-state index in [0.717, 1.165) is 5.56 Å². The number of hydrogen-bond donors (Lipinski definition) is 1. The number of benzene rings is 2. The van der Waals surface area contributed by atoms with Crippen LogP contribution in [0.5, 0.6) is 0 Å². The lowest BCUT2D eigenvalue weighted by atomic mass is 10.1. The highest BCUT2D eigenvalue weighted by Crippen LogP contribution is 2.21. The Morgan fingerprint density at radius 3 is 2.73 bits per heavy atom. The molecule has 0 aliphatic carbocycles. The molecule has 128 valence electrons. The van der Waals surface area contributed by atoms with Gasteiger partial charge < -0.3 is 5.32 Å². The van der Waals surface area contributed by atoms with Gasteiger partial charge in [0.15, 0.2) is 5.65 Å². The van der Waals surface area contributed by atoms with E-state index in [4.69, 9.17) is 0 Å². The van der Waals surface area contributed by atoms with E-state index in [1.54, 1.807) is 28.9 Å². The third kappa shape index (κ3) is 3.04. The lowest BCUT2D eigenvalue weighted by molar-refractivity contribution is 0.0952. The molecule has 0 bridgehead atoms. The van der Waals surface area contributed by atoms with Crippen LogP contribution in [0.3, 0.4) is 0 Å². The van der Waals surface area contributed by atoms with Gasteiger partial charge in [-0.05, 0) is 23.8 Å². The van der Waals surface area contributed by atoms with Crippen LogP contribution in [0.25, 0.3) is 16.9 Å². The molecule has 0 saturated carbocycles. The van der Waals surface area contributed by atoms with Gasteiger partial charge in [-0.25, -0.2) is 13.9 Å². The van der Waals surface area contributed by atoms with E-state index in [1.807, 2.05) is 30.3 Å². The van der Waals surface area contributed by atoms with Gasteiger partial charge in [0.1, 0.15) is 11.4 Å². The fourth-order valence-corrected chi connectivity index (χ4v) is 2.79. The van der Waals surface area contributed by atoms with Crippen molar-refractivity contribution < 1.29 is 9.18 Å². The summed E-state index contributed by atoms with van der Waals surface area (Å²) >= 11 is 0. The molecular weight excluding hydrogens is 331 g/mol. The average Bonchev–Trinajstić information content (AvgIpc) is 3.11. The zero-order chi connectivity index (χ0) is 17.9. The van der Waals surface area contributed by atoms with Crippen LogP contribution < -0.4 is 5.32 Å². The van der Waals surface area contributed by atoms with Crippen molar-refractivity contribution in [2.24, 2.45) is 0 Å². The molecule has 4 aromatic rings. The van der Waals surface area contributed by atoms with Crippen molar-refractivity contribution in [2.75, 3.05) is 0 Å². The molecule has 26 heavy (non-hydrogen) atoms. The van der Waals surface area contributed by atoms with Crippen molar-refractivity contribution >= 4 is 11.6 Å². The molecule has 5 nitrogen and oxygen atoms in total. The maximum Gasteiger partial charge on any atom is 0.257 e. The quantitative estimate of drug-likeness (QED) is 0.616. The predicted molar refractivity (Wildman–Crippen MR) is 96.0 cm³/mol.